The first kappa shape index (κ1) is 24.3. The van der Waals surface area contributed by atoms with Crippen molar-refractivity contribution in [1.82, 2.24) is 9.80 Å². The molecule has 0 aromatic heterocycles. The first-order chi connectivity index (χ1) is 13.2. The molecule has 0 radical (unpaired) electrons. The van der Waals surface area contributed by atoms with Crippen LogP contribution in [0.4, 0.5) is 18.0 Å². The third kappa shape index (κ3) is 8.00. The van der Waals surface area contributed by atoms with Crippen LogP contribution in [0.3, 0.4) is 0 Å². The van der Waals surface area contributed by atoms with Gasteiger partial charge in [0, 0.05) is 20.1 Å². The number of nitrogens with zero attached hydrogens (tertiary/aromatic N) is 2. The Morgan fingerprint density at radius 1 is 1.00 bits per heavy atom. The molecule has 0 aliphatic heterocycles. The number of carbonyl (C=O) groups excluding carboxylic acids is 3. The summed E-state index contributed by atoms with van der Waals surface area (Å²) >= 11 is 0. The average Bonchev–Trinajstić information content (AvgIpc) is 2.59. The third-order valence-electron chi connectivity index (χ3n) is 3.67. The molecule has 0 spiro atoms. The van der Waals surface area contributed by atoms with Crippen LogP contribution in [0.1, 0.15) is 31.9 Å². The maximum absolute atomic E-state index is 12.9. The highest BCUT2D eigenvalue weighted by molar-refractivity contribution is 5.85. The van der Waals surface area contributed by atoms with Gasteiger partial charge in [-0.1, -0.05) is 24.3 Å². The van der Waals surface area contributed by atoms with Crippen LogP contribution in [-0.2, 0) is 32.2 Å². The van der Waals surface area contributed by atoms with E-state index < -0.39 is 42.8 Å². The molecule has 7 nitrogen and oxygen atoms in total. The van der Waals surface area contributed by atoms with Gasteiger partial charge in [0.15, 0.2) is 0 Å². The van der Waals surface area contributed by atoms with Gasteiger partial charge in [0.1, 0.15) is 12.1 Å². The van der Waals surface area contributed by atoms with Gasteiger partial charge in [0.2, 0.25) is 0 Å². The predicted octanol–water partition coefficient (Wildman–Crippen LogP) is 3.12. The number of methoxy groups -OCH3 is 1. The highest BCUT2D eigenvalue weighted by Crippen LogP contribution is 2.22. The Kier molecular flexibility index (Phi) is 8.05. The van der Waals surface area contributed by atoms with E-state index in [1.807, 2.05) is 0 Å². The van der Waals surface area contributed by atoms with Crippen molar-refractivity contribution in [3.8, 4) is 0 Å². The second kappa shape index (κ2) is 9.62. The summed E-state index contributed by atoms with van der Waals surface area (Å²) < 4.78 is 48.4. The lowest BCUT2D eigenvalue weighted by atomic mass is 10.1. The quantitative estimate of drug-likeness (QED) is 0.664. The van der Waals surface area contributed by atoms with Crippen LogP contribution in [0.15, 0.2) is 24.3 Å². The molecule has 162 valence electrons. The van der Waals surface area contributed by atoms with Gasteiger partial charge in [-0.3, -0.25) is 9.59 Å². The van der Waals surface area contributed by atoms with Gasteiger partial charge in [0.05, 0.1) is 7.11 Å². The Morgan fingerprint density at radius 3 is 1.97 bits per heavy atom. The van der Waals surface area contributed by atoms with E-state index in [2.05, 4.69) is 4.74 Å². The highest BCUT2D eigenvalue weighted by Gasteiger charge is 2.43. The first-order valence-corrected chi connectivity index (χ1v) is 8.68. The van der Waals surface area contributed by atoms with Gasteiger partial charge in [-0.2, -0.15) is 13.2 Å². The first-order valence-electron chi connectivity index (χ1n) is 8.68. The van der Waals surface area contributed by atoms with Crippen molar-refractivity contribution in [3.63, 3.8) is 0 Å². The van der Waals surface area contributed by atoms with Crippen molar-refractivity contribution in [2.45, 2.75) is 45.6 Å². The summed E-state index contributed by atoms with van der Waals surface area (Å²) in [6.45, 7) is 3.83. The number of halogens is 3. The zero-order chi connectivity index (χ0) is 22.4. The molecule has 10 heteroatoms. The molecule has 0 unspecified atom stereocenters. The van der Waals surface area contributed by atoms with Crippen LogP contribution in [0.5, 0.6) is 0 Å². The summed E-state index contributed by atoms with van der Waals surface area (Å²) in [6, 6.07) is 6.37. The van der Waals surface area contributed by atoms with E-state index >= 15 is 0 Å². The molecular weight excluding hydrogens is 393 g/mol. The van der Waals surface area contributed by atoms with Crippen molar-refractivity contribution in [1.29, 1.82) is 0 Å². The zero-order valence-electron chi connectivity index (χ0n) is 17.0. The van der Waals surface area contributed by atoms with E-state index in [9.17, 15) is 27.6 Å². The van der Waals surface area contributed by atoms with Gasteiger partial charge < -0.3 is 19.3 Å². The predicted molar refractivity (Wildman–Crippen MR) is 97.6 cm³/mol. The van der Waals surface area contributed by atoms with Crippen LogP contribution >= 0.6 is 0 Å². The largest absolute Gasteiger partial charge is 0.471 e. The molecule has 0 heterocycles. The van der Waals surface area contributed by atoms with Gasteiger partial charge >= 0.3 is 24.1 Å². The molecule has 0 saturated carbocycles. The minimum absolute atomic E-state index is 0.0390. The summed E-state index contributed by atoms with van der Waals surface area (Å²) in [5.74, 6) is -3.14. The monoisotopic (exact) mass is 418 g/mol. The average molecular weight is 418 g/mol. The van der Waals surface area contributed by atoms with Crippen LogP contribution in [-0.4, -0.2) is 60.2 Å². The number of hydrogen-bond acceptors (Lipinski definition) is 5. The summed E-state index contributed by atoms with van der Waals surface area (Å²) in [6.07, 6.45) is -5.75. The van der Waals surface area contributed by atoms with Gasteiger partial charge in [-0.15, -0.1) is 0 Å². The second-order valence-electron chi connectivity index (χ2n) is 7.34. The molecule has 1 aromatic rings. The van der Waals surface area contributed by atoms with E-state index in [1.165, 1.54) is 18.0 Å². The lowest BCUT2D eigenvalue weighted by molar-refractivity contribution is -0.187. The minimum atomic E-state index is -5.14. The number of alkyl halides is 3. The fourth-order valence-corrected chi connectivity index (χ4v) is 2.33. The Morgan fingerprint density at radius 2 is 1.52 bits per heavy atom. The molecule has 2 amide bonds. The highest BCUT2D eigenvalue weighted by atomic mass is 19.4. The van der Waals surface area contributed by atoms with Crippen molar-refractivity contribution >= 4 is 18.0 Å². The number of hydrogen-bond donors (Lipinski definition) is 0. The number of carbonyl (C=O) groups is 3. The summed E-state index contributed by atoms with van der Waals surface area (Å²) in [7, 11) is 2.50. The second-order valence-corrected chi connectivity index (χ2v) is 7.34. The Hall–Kier alpha value is -2.78. The normalized spacial score (nSPS) is 11.6. The van der Waals surface area contributed by atoms with Crippen LogP contribution in [0.25, 0.3) is 0 Å². The standard InChI is InChI=1S/C19H25F3N2O5/c1-18(2,3)29-17(27)23(4)10-13-8-6-7-9-14(13)11-24(12-15(25)28-5)16(26)19(20,21)22/h6-9H,10-12H2,1-5H3. The molecule has 1 aromatic carbocycles. The van der Waals surface area contributed by atoms with Crippen molar-refractivity contribution in [3.05, 3.63) is 35.4 Å². The SMILES string of the molecule is COC(=O)CN(Cc1ccccc1CN(C)C(=O)OC(C)(C)C)C(=O)C(F)(F)F. The summed E-state index contributed by atoms with van der Waals surface area (Å²) in [4.78, 5) is 37.0. The lowest BCUT2D eigenvalue weighted by Gasteiger charge is -2.27. The molecule has 0 aliphatic rings. The maximum atomic E-state index is 12.9. The number of amides is 2. The number of esters is 1. The summed E-state index contributed by atoms with van der Waals surface area (Å²) in [5, 5.41) is 0. The van der Waals surface area contributed by atoms with Gasteiger partial charge in [-0.25, -0.2) is 4.79 Å². The molecular formula is C19H25F3N2O5. The molecule has 0 N–H and O–H groups in total. The minimum Gasteiger partial charge on any atom is -0.468 e. The Labute approximate surface area is 167 Å². The molecule has 29 heavy (non-hydrogen) atoms. The number of rotatable bonds is 6. The summed E-state index contributed by atoms with van der Waals surface area (Å²) in [5.41, 5.74) is 0.150. The van der Waals surface area contributed by atoms with E-state index in [1.54, 1.807) is 39.0 Å². The Balaban J connectivity index is 3.07. The number of ether oxygens (including phenoxy) is 2. The van der Waals surface area contributed by atoms with E-state index in [0.29, 0.717) is 16.0 Å². The van der Waals surface area contributed by atoms with Gasteiger partial charge in [-0.05, 0) is 31.9 Å². The van der Waals surface area contributed by atoms with E-state index in [-0.39, 0.29) is 6.54 Å². The molecule has 0 atom stereocenters. The Bertz CT molecular complexity index is 744. The molecule has 0 bridgehead atoms. The fraction of sp³-hybridized carbons (Fsp3) is 0.526. The zero-order valence-corrected chi connectivity index (χ0v) is 17.0. The molecule has 0 fully saturated rings. The van der Waals surface area contributed by atoms with Crippen molar-refractivity contribution in [2.24, 2.45) is 0 Å². The molecule has 1 rings (SSSR count). The van der Waals surface area contributed by atoms with Crippen LogP contribution < -0.4 is 0 Å². The number of benzene rings is 1. The molecule has 0 saturated heterocycles. The maximum Gasteiger partial charge on any atom is 0.471 e. The van der Waals surface area contributed by atoms with E-state index in [4.69, 9.17) is 4.74 Å². The van der Waals surface area contributed by atoms with Crippen molar-refractivity contribution < 1.29 is 37.0 Å². The van der Waals surface area contributed by atoms with Crippen molar-refractivity contribution in [2.75, 3.05) is 20.7 Å². The van der Waals surface area contributed by atoms with Crippen LogP contribution in [0, 0.1) is 0 Å². The van der Waals surface area contributed by atoms with Gasteiger partial charge in [0.25, 0.3) is 0 Å². The topological polar surface area (TPSA) is 76.2 Å². The lowest BCUT2D eigenvalue weighted by Crippen LogP contribution is -2.43. The third-order valence-corrected chi connectivity index (χ3v) is 3.67. The smallest absolute Gasteiger partial charge is 0.468 e. The molecule has 0 aliphatic carbocycles. The van der Waals surface area contributed by atoms with Crippen LogP contribution in [0.2, 0.25) is 0 Å². The van der Waals surface area contributed by atoms with E-state index in [0.717, 1.165) is 7.11 Å². The fourth-order valence-electron chi connectivity index (χ4n) is 2.33.